The average molecular weight is 430 g/mol. The van der Waals surface area contributed by atoms with Gasteiger partial charge in [0.15, 0.2) is 5.82 Å². The molecule has 32 heavy (non-hydrogen) atoms. The molecule has 1 aromatic heterocycles. The highest BCUT2D eigenvalue weighted by molar-refractivity contribution is 5.97. The van der Waals surface area contributed by atoms with Crippen LogP contribution in [0.1, 0.15) is 37.1 Å². The first-order chi connectivity index (χ1) is 15.7. The molecule has 0 aliphatic carbocycles. The van der Waals surface area contributed by atoms with Gasteiger partial charge in [-0.05, 0) is 42.7 Å². The van der Waals surface area contributed by atoms with Crippen LogP contribution in [0.3, 0.4) is 0 Å². The van der Waals surface area contributed by atoms with Gasteiger partial charge >= 0.3 is 0 Å². The minimum atomic E-state index is -0.335. The van der Waals surface area contributed by atoms with Crippen LogP contribution in [0.25, 0.3) is 11.4 Å². The van der Waals surface area contributed by atoms with Gasteiger partial charge in [-0.2, -0.15) is 0 Å². The van der Waals surface area contributed by atoms with Gasteiger partial charge in [0.25, 0.3) is 0 Å². The molecule has 1 unspecified atom stereocenters. The van der Waals surface area contributed by atoms with E-state index in [1.165, 1.54) is 6.42 Å². The number of anilines is 1. The van der Waals surface area contributed by atoms with E-state index in [0.29, 0.717) is 13.1 Å². The van der Waals surface area contributed by atoms with Crippen LogP contribution in [-0.4, -0.2) is 38.0 Å². The normalized spacial score (nSPS) is 18.3. The minimum absolute atomic E-state index is 0.0249. The topological polar surface area (TPSA) is 80.1 Å². The number of hydrogen-bond acceptors (Lipinski definition) is 4. The molecule has 0 saturated carbocycles. The molecular formula is C25H27N5O2. The number of nitrogens with one attached hydrogen (secondary N) is 1. The Morgan fingerprint density at radius 3 is 2.62 bits per heavy atom. The number of aryl methyl sites for hydroxylation is 1. The number of likely N-dealkylation sites (tertiary alicyclic amines) is 1. The van der Waals surface area contributed by atoms with E-state index in [1.807, 2.05) is 54.6 Å². The van der Waals surface area contributed by atoms with Gasteiger partial charge in [-0.1, -0.05) is 36.8 Å². The Balaban J connectivity index is 1.22. The molecule has 5 rings (SSSR count). The van der Waals surface area contributed by atoms with E-state index in [9.17, 15) is 9.59 Å². The Hall–Kier alpha value is -3.48. The summed E-state index contributed by atoms with van der Waals surface area (Å²) >= 11 is 0. The molecular weight excluding hydrogens is 402 g/mol. The summed E-state index contributed by atoms with van der Waals surface area (Å²) in [6, 6.07) is 17.6. The van der Waals surface area contributed by atoms with E-state index in [2.05, 4.69) is 20.1 Å². The first-order valence-corrected chi connectivity index (χ1v) is 11.3. The third kappa shape index (κ3) is 4.28. The van der Waals surface area contributed by atoms with Crippen LogP contribution in [0.15, 0.2) is 54.6 Å². The van der Waals surface area contributed by atoms with Crippen molar-refractivity contribution in [1.29, 1.82) is 0 Å². The lowest BCUT2D eigenvalue weighted by Crippen LogP contribution is -2.28. The fourth-order valence-electron chi connectivity index (χ4n) is 4.55. The minimum Gasteiger partial charge on any atom is -0.338 e. The van der Waals surface area contributed by atoms with E-state index in [-0.39, 0.29) is 24.2 Å². The quantitative estimate of drug-likeness (QED) is 0.671. The molecule has 1 N–H and O–H groups in total. The van der Waals surface area contributed by atoms with Crippen LogP contribution < -0.4 is 5.32 Å². The molecule has 0 spiro atoms. The number of aromatic nitrogens is 3. The third-order valence-electron chi connectivity index (χ3n) is 6.32. The maximum Gasteiger partial charge on any atom is 0.229 e. The number of rotatable bonds is 5. The van der Waals surface area contributed by atoms with E-state index >= 15 is 0 Å². The predicted molar refractivity (Wildman–Crippen MR) is 122 cm³/mol. The van der Waals surface area contributed by atoms with Crippen molar-refractivity contribution in [2.75, 3.05) is 11.9 Å². The summed E-state index contributed by atoms with van der Waals surface area (Å²) in [5.74, 6) is 1.52. The molecule has 2 aliphatic rings. The molecule has 3 heterocycles. The molecule has 164 valence electrons. The summed E-state index contributed by atoms with van der Waals surface area (Å²) in [6.07, 6.45) is 4.76. The molecule has 1 saturated heterocycles. The second kappa shape index (κ2) is 8.94. The highest BCUT2D eigenvalue weighted by Gasteiger charge is 2.34. The number of nitrogens with zero attached hydrogens (tertiary/aromatic N) is 4. The van der Waals surface area contributed by atoms with E-state index < -0.39 is 0 Å². The number of carbonyl (C=O) groups is 2. The lowest BCUT2D eigenvalue weighted by molar-refractivity contribution is -0.128. The molecule has 2 amide bonds. The van der Waals surface area contributed by atoms with E-state index in [4.69, 9.17) is 0 Å². The van der Waals surface area contributed by atoms with Crippen molar-refractivity contribution in [3.63, 3.8) is 0 Å². The SMILES string of the molecule is O=C(Nc1ccc(-c2nnc3n2CCCCC3)cc1)C1CC(=O)N(Cc2ccccc2)C1. The van der Waals surface area contributed by atoms with Crippen LogP contribution in [0.2, 0.25) is 0 Å². The van der Waals surface area contributed by atoms with Crippen molar-refractivity contribution >= 4 is 17.5 Å². The third-order valence-corrected chi connectivity index (χ3v) is 6.32. The van der Waals surface area contributed by atoms with Crippen molar-refractivity contribution < 1.29 is 9.59 Å². The summed E-state index contributed by atoms with van der Waals surface area (Å²) in [4.78, 5) is 26.9. The molecule has 7 nitrogen and oxygen atoms in total. The van der Waals surface area contributed by atoms with Crippen molar-refractivity contribution in [2.24, 2.45) is 5.92 Å². The van der Waals surface area contributed by atoms with Crippen molar-refractivity contribution in [3.8, 4) is 11.4 Å². The Morgan fingerprint density at radius 2 is 1.81 bits per heavy atom. The monoisotopic (exact) mass is 429 g/mol. The van der Waals surface area contributed by atoms with E-state index in [1.54, 1.807) is 4.90 Å². The maximum atomic E-state index is 12.8. The lowest BCUT2D eigenvalue weighted by atomic mass is 10.1. The predicted octanol–water partition coefficient (Wildman–Crippen LogP) is 3.66. The molecule has 2 aliphatic heterocycles. The summed E-state index contributed by atoms with van der Waals surface area (Å²) in [5, 5.41) is 11.7. The molecule has 0 bridgehead atoms. The smallest absolute Gasteiger partial charge is 0.229 e. The number of amides is 2. The van der Waals surface area contributed by atoms with Gasteiger partial charge in [-0.15, -0.1) is 10.2 Å². The molecule has 2 aromatic carbocycles. The van der Waals surface area contributed by atoms with E-state index in [0.717, 1.165) is 54.3 Å². The van der Waals surface area contributed by atoms with Crippen LogP contribution in [0.4, 0.5) is 5.69 Å². The Kier molecular flexibility index (Phi) is 5.71. The second-order valence-electron chi connectivity index (χ2n) is 8.63. The fourth-order valence-corrected chi connectivity index (χ4v) is 4.55. The first-order valence-electron chi connectivity index (χ1n) is 11.3. The zero-order valence-electron chi connectivity index (χ0n) is 18.0. The number of fused-ring (bicyclic) bond motifs is 1. The van der Waals surface area contributed by atoms with Crippen LogP contribution in [-0.2, 0) is 29.1 Å². The van der Waals surface area contributed by atoms with Gasteiger partial charge in [0.2, 0.25) is 11.8 Å². The zero-order chi connectivity index (χ0) is 21.9. The van der Waals surface area contributed by atoms with Crippen molar-refractivity contribution in [3.05, 3.63) is 66.0 Å². The molecule has 3 aromatic rings. The van der Waals surface area contributed by atoms with Gasteiger partial charge in [0.05, 0.1) is 5.92 Å². The fraction of sp³-hybridized carbons (Fsp3) is 0.360. The molecule has 7 heteroatoms. The van der Waals surface area contributed by atoms with Crippen molar-refractivity contribution in [2.45, 2.75) is 45.2 Å². The van der Waals surface area contributed by atoms with Gasteiger partial charge in [-0.25, -0.2) is 0 Å². The van der Waals surface area contributed by atoms with Gasteiger partial charge in [-0.3, -0.25) is 9.59 Å². The molecule has 0 radical (unpaired) electrons. The van der Waals surface area contributed by atoms with Gasteiger partial charge in [0.1, 0.15) is 5.82 Å². The van der Waals surface area contributed by atoms with Gasteiger partial charge < -0.3 is 14.8 Å². The number of benzene rings is 2. The maximum absolute atomic E-state index is 12.8. The highest BCUT2D eigenvalue weighted by Crippen LogP contribution is 2.25. The van der Waals surface area contributed by atoms with Crippen LogP contribution >= 0.6 is 0 Å². The average Bonchev–Trinajstić information content (AvgIpc) is 3.30. The first kappa shape index (κ1) is 20.4. The largest absolute Gasteiger partial charge is 0.338 e. The standard InChI is InChI=1S/C25H27N5O2/c31-23-15-20(17-29(23)16-18-7-3-1-4-8-18)25(32)26-21-12-10-19(11-13-21)24-28-27-22-9-5-2-6-14-30(22)24/h1,3-4,7-8,10-13,20H,2,5-6,9,14-17H2,(H,26,32). The number of carbonyl (C=O) groups excluding carboxylic acids is 2. The van der Waals surface area contributed by atoms with Gasteiger partial charge in [0, 0.05) is 43.7 Å². The zero-order valence-corrected chi connectivity index (χ0v) is 18.0. The summed E-state index contributed by atoms with van der Waals surface area (Å²) < 4.78 is 2.21. The van der Waals surface area contributed by atoms with Crippen LogP contribution in [0, 0.1) is 5.92 Å². The Labute approximate surface area is 187 Å². The highest BCUT2D eigenvalue weighted by atomic mass is 16.2. The number of hydrogen-bond donors (Lipinski definition) is 1. The van der Waals surface area contributed by atoms with Crippen molar-refractivity contribution in [1.82, 2.24) is 19.7 Å². The molecule has 1 fully saturated rings. The Bertz CT molecular complexity index is 1110. The summed E-state index contributed by atoms with van der Waals surface area (Å²) in [6.45, 7) is 1.94. The lowest BCUT2D eigenvalue weighted by Gasteiger charge is -2.16. The van der Waals surface area contributed by atoms with Crippen LogP contribution in [0.5, 0.6) is 0 Å². The summed E-state index contributed by atoms with van der Waals surface area (Å²) in [5.41, 5.74) is 2.79. The summed E-state index contributed by atoms with van der Waals surface area (Å²) in [7, 11) is 0. The Morgan fingerprint density at radius 1 is 1.00 bits per heavy atom. The second-order valence-corrected chi connectivity index (χ2v) is 8.63. The molecule has 1 atom stereocenters.